The van der Waals surface area contributed by atoms with Gasteiger partial charge in [0.1, 0.15) is 11.1 Å². The van der Waals surface area contributed by atoms with Gasteiger partial charge >= 0.3 is 0 Å². The molecule has 0 aliphatic heterocycles. The second-order valence-electron chi connectivity index (χ2n) is 6.57. The van der Waals surface area contributed by atoms with E-state index in [1.165, 1.54) is 0 Å². The number of hydrogen-bond donors (Lipinski definition) is 1. The van der Waals surface area contributed by atoms with Gasteiger partial charge in [-0.05, 0) is 49.4 Å². The second-order valence-corrected chi connectivity index (χ2v) is 6.57. The molecule has 0 spiro atoms. The molecule has 0 fully saturated rings. The maximum absolute atomic E-state index is 12.6. The van der Waals surface area contributed by atoms with Crippen LogP contribution >= 0.6 is 0 Å². The Morgan fingerprint density at radius 1 is 0.857 bits per heavy atom. The molecule has 2 heterocycles. The van der Waals surface area contributed by atoms with Crippen molar-refractivity contribution < 1.29 is 13.6 Å². The molecule has 5 rings (SSSR count). The quantitative estimate of drug-likeness (QED) is 0.437. The van der Waals surface area contributed by atoms with Gasteiger partial charge in [-0.15, -0.1) is 0 Å². The van der Waals surface area contributed by atoms with Gasteiger partial charge in [-0.3, -0.25) is 4.79 Å². The number of furan rings is 1. The molecule has 0 saturated carbocycles. The lowest BCUT2D eigenvalue weighted by Crippen LogP contribution is -2.11. The topological polar surface area (TPSA) is 68.3 Å². The van der Waals surface area contributed by atoms with Crippen LogP contribution in [0.5, 0.6) is 0 Å². The molecule has 5 nitrogen and oxygen atoms in total. The lowest BCUT2D eigenvalue weighted by molar-refractivity contribution is 0.0998. The summed E-state index contributed by atoms with van der Waals surface area (Å²) in [6, 6.07) is 22.6. The molecule has 0 unspecified atom stereocenters. The van der Waals surface area contributed by atoms with Crippen molar-refractivity contribution in [2.24, 2.45) is 0 Å². The number of aryl methyl sites for hydroxylation is 1. The summed E-state index contributed by atoms with van der Waals surface area (Å²) >= 11 is 0. The van der Waals surface area contributed by atoms with Crippen LogP contribution in [0.2, 0.25) is 0 Å². The van der Waals surface area contributed by atoms with Crippen molar-refractivity contribution in [2.45, 2.75) is 6.92 Å². The van der Waals surface area contributed by atoms with E-state index < -0.39 is 0 Å². The van der Waals surface area contributed by atoms with Crippen LogP contribution < -0.4 is 5.32 Å². The van der Waals surface area contributed by atoms with Crippen molar-refractivity contribution in [2.75, 3.05) is 5.32 Å². The number of benzene rings is 3. The third-order valence-corrected chi connectivity index (χ3v) is 4.73. The molecule has 0 saturated heterocycles. The average Bonchev–Trinajstić information content (AvgIpc) is 3.30. The highest BCUT2D eigenvalue weighted by atomic mass is 16.4. The zero-order valence-electron chi connectivity index (χ0n) is 15.1. The molecule has 0 aliphatic rings. The number of amides is 1. The Kier molecular flexibility index (Phi) is 3.72. The summed E-state index contributed by atoms with van der Waals surface area (Å²) in [6.45, 7) is 1.89. The Hall–Kier alpha value is -3.86. The number of aromatic nitrogens is 1. The number of para-hydroxylation sites is 3. The summed E-state index contributed by atoms with van der Waals surface area (Å²) in [5.41, 5.74) is 4.61. The predicted octanol–water partition coefficient (Wildman–Crippen LogP) is 5.80. The van der Waals surface area contributed by atoms with Gasteiger partial charge in [0.05, 0.1) is 0 Å². The number of anilines is 1. The number of nitrogens with one attached hydrogen (secondary N) is 1. The van der Waals surface area contributed by atoms with Crippen LogP contribution in [-0.2, 0) is 0 Å². The third kappa shape index (κ3) is 2.74. The van der Waals surface area contributed by atoms with E-state index in [4.69, 9.17) is 8.83 Å². The van der Waals surface area contributed by atoms with Gasteiger partial charge in [-0.2, -0.15) is 0 Å². The lowest BCUT2D eigenvalue weighted by Gasteiger charge is -2.04. The summed E-state index contributed by atoms with van der Waals surface area (Å²) in [5, 5.41) is 3.83. The van der Waals surface area contributed by atoms with E-state index in [1.54, 1.807) is 0 Å². The molecule has 0 radical (unpaired) electrons. The van der Waals surface area contributed by atoms with Gasteiger partial charge in [0.15, 0.2) is 11.3 Å². The van der Waals surface area contributed by atoms with E-state index in [2.05, 4.69) is 10.3 Å². The number of hydrogen-bond acceptors (Lipinski definition) is 4. The van der Waals surface area contributed by atoms with Gasteiger partial charge in [0, 0.05) is 22.2 Å². The van der Waals surface area contributed by atoms with Crippen LogP contribution in [0.25, 0.3) is 33.5 Å². The van der Waals surface area contributed by atoms with E-state index in [-0.39, 0.29) is 5.91 Å². The predicted molar refractivity (Wildman–Crippen MR) is 108 cm³/mol. The molecule has 0 atom stereocenters. The maximum Gasteiger partial charge on any atom is 0.291 e. The summed E-state index contributed by atoms with van der Waals surface area (Å²) in [4.78, 5) is 17.1. The van der Waals surface area contributed by atoms with Crippen molar-refractivity contribution in [1.29, 1.82) is 0 Å². The van der Waals surface area contributed by atoms with Gasteiger partial charge in [0.2, 0.25) is 5.89 Å². The summed E-state index contributed by atoms with van der Waals surface area (Å²) in [5.74, 6) is 0.597. The van der Waals surface area contributed by atoms with Gasteiger partial charge in [-0.25, -0.2) is 4.98 Å². The largest absolute Gasteiger partial charge is 0.451 e. The van der Waals surface area contributed by atoms with Crippen LogP contribution in [0.3, 0.4) is 0 Å². The second kappa shape index (κ2) is 6.39. The smallest absolute Gasteiger partial charge is 0.291 e. The van der Waals surface area contributed by atoms with Crippen LogP contribution in [0.15, 0.2) is 81.6 Å². The first kappa shape index (κ1) is 16.3. The molecule has 5 heteroatoms. The van der Waals surface area contributed by atoms with Gasteiger partial charge in [-0.1, -0.05) is 30.3 Å². The van der Waals surface area contributed by atoms with Crippen molar-refractivity contribution in [3.05, 3.63) is 84.1 Å². The zero-order valence-corrected chi connectivity index (χ0v) is 15.1. The molecule has 1 N–H and O–H groups in total. The first-order valence-corrected chi connectivity index (χ1v) is 8.94. The molecule has 1 amide bonds. The molecule has 3 aromatic carbocycles. The number of carbonyl (C=O) groups is 1. The Bertz CT molecular complexity index is 1280. The molecule has 0 bridgehead atoms. The van der Waals surface area contributed by atoms with Crippen molar-refractivity contribution in [1.82, 2.24) is 4.98 Å². The van der Waals surface area contributed by atoms with Gasteiger partial charge < -0.3 is 14.2 Å². The van der Waals surface area contributed by atoms with Crippen molar-refractivity contribution >= 4 is 33.7 Å². The number of rotatable bonds is 3. The van der Waals surface area contributed by atoms with Crippen molar-refractivity contribution in [3.8, 4) is 11.5 Å². The Morgan fingerprint density at radius 3 is 2.32 bits per heavy atom. The molecule has 136 valence electrons. The number of nitrogens with zero attached hydrogens (tertiary/aromatic N) is 1. The number of fused-ring (bicyclic) bond motifs is 2. The standard InChI is InChI=1S/C23H16N2O3/c1-14-17-6-2-4-8-19(17)27-21(14)22(26)24-16-12-10-15(11-13-16)23-25-18-7-3-5-9-20(18)28-23/h2-13H,1H3,(H,24,26). The molecule has 2 aromatic heterocycles. The van der Waals surface area contributed by atoms with Crippen molar-refractivity contribution in [3.63, 3.8) is 0 Å². The monoisotopic (exact) mass is 368 g/mol. The van der Waals surface area contributed by atoms with E-state index in [1.807, 2.05) is 79.7 Å². The zero-order chi connectivity index (χ0) is 19.1. The fourth-order valence-corrected chi connectivity index (χ4v) is 3.27. The SMILES string of the molecule is Cc1c(C(=O)Nc2ccc(-c3nc4ccccc4o3)cc2)oc2ccccc12. The Morgan fingerprint density at radius 2 is 1.57 bits per heavy atom. The van der Waals surface area contributed by atoms with Gasteiger partial charge in [0.25, 0.3) is 5.91 Å². The van der Waals surface area contributed by atoms with Crippen LogP contribution in [0.4, 0.5) is 5.69 Å². The fraction of sp³-hybridized carbons (Fsp3) is 0.0435. The van der Waals surface area contributed by atoms with E-state index in [0.29, 0.717) is 22.9 Å². The molecule has 0 aliphatic carbocycles. The highest BCUT2D eigenvalue weighted by molar-refractivity contribution is 6.06. The van der Waals surface area contributed by atoms with Crippen LogP contribution in [0.1, 0.15) is 16.1 Å². The first-order chi connectivity index (χ1) is 13.7. The minimum Gasteiger partial charge on any atom is -0.451 e. The number of oxazole rings is 1. The molecule has 28 heavy (non-hydrogen) atoms. The van der Waals surface area contributed by atoms with E-state index >= 15 is 0 Å². The Balaban J connectivity index is 1.39. The molecular formula is C23H16N2O3. The molecule has 5 aromatic rings. The average molecular weight is 368 g/mol. The fourth-order valence-electron chi connectivity index (χ4n) is 3.27. The maximum atomic E-state index is 12.6. The normalized spacial score (nSPS) is 11.2. The highest BCUT2D eigenvalue weighted by Gasteiger charge is 2.17. The lowest BCUT2D eigenvalue weighted by atomic mass is 10.1. The van der Waals surface area contributed by atoms with E-state index in [0.717, 1.165) is 27.6 Å². The minimum atomic E-state index is -0.275. The minimum absolute atomic E-state index is 0.275. The summed E-state index contributed by atoms with van der Waals surface area (Å²) < 4.78 is 11.5. The third-order valence-electron chi connectivity index (χ3n) is 4.73. The van der Waals surface area contributed by atoms with Crippen LogP contribution in [0, 0.1) is 6.92 Å². The summed E-state index contributed by atoms with van der Waals surface area (Å²) in [6.07, 6.45) is 0. The highest BCUT2D eigenvalue weighted by Crippen LogP contribution is 2.27. The number of carbonyl (C=O) groups excluding carboxylic acids is 1. The first-order valence-electron chi connectivity index (χ1n) is 8.94. The molecular weight excluding hydrogens is 352 g/mol. The van der Waals surface area contributed by atoms with Crippen LogP contribution in [-0.4, -0.2) is 10.9 Å². The van der Waals surface area contributed by atoms with E-state index in [9.17, 15) is 4.79 Å². The Labute approximate surface area is 160 Å². The summed E-state index contributed by atoms with van der Waals surface area (Å²) in [7, 11) is 0.